The number of phenols is 1. The van der Waals surface area contributed by atoms with E-state index in [2.05, 4.69) is 42.1 Å². The van der Waals surface area contributed by atoms with E-state index in [1.807, 2.05) is 24.3 Å². The smallest absolute Gasteiger partial charge is 0.143 e. The molecule has 0 saturated heterocycles. The maximum absolute atomic E-state index is 9.58. The van der Waals surface area contributed by atoms with E-state index in [1.165, 1.54) is 0 Å². The Kier molecular flexibility index (Phi) is 3.91. The molecule has 0 bridgehead atoms. The van der Waals surface area contributed by atoms with Crippen molar-refractivity contribution in [3.63, 3.8) is 0 Å². The fraction of sp³-hybridized carbons (Fsp3) is 0. The topological polar surface area (TPSA) is 45.0 Å². The van der Waals surface area contributed by atoms with Crippen LogP contribution in [0.1, 0.15) is 0 Å². The lowest BCUT2D eigenvalue weighted by Gasteiger charge is -1.98. The van der Waals surface area contributed by atoms with Gasteiger partial charge in [-0.15, -0.1) is 5.11 Å². The molecule has 3 nitrogen and oxygen atoms in total. The maximum atomic E-state index is 9.58. The fourth-order valence-corrected chi connectivity index (χ4v) is 1.81. The van der Waals surface area contributed by atoms with E-state index in [-0.39, 0.29) is 5.75 Å². The van der Waals surface area contributed by atoms with Crippen molar-refractivity contribution in [2.45, 2.75) is 0 Å². The Bertz CT molecular complexity index is 553. The monoisotopic (exact) mass is 354 g/mol. The SMILES string of the molecule is Oc1ccc(Br)cc1N=Nc1ccc(Br)cc1. The highest BCUT2D eigenvalue weighted by molar-refractivity contribution is 9.10. The number of hydrogen-bond donors (Lipinski definition) is 1. The van der Waals surface area contributed by atoms with Crippen molar-refractivity contribution < 1.29 is 5.11 Å². The number of phenolic OH excluding ortho intramolecular Hbond substituents is 1. The maximum Gasteiger partial charge on any atom is 0.143 e. The molecule has 5 heteroatoms. The number of halogens is 2. The zero-order valence-corrected chi connectivity index (χ0v) is 11.8. The standard InChI is InChI=1S/C12H8Br2N2O/c13-8-1-4-10(5-2-8)15-16-11-7-9(14)3-6-12(11)17/h1-7,17H. The number of aromatic hydroxyl groups is 1. The summed E-state index contributed by atoms with van der Waals surface area (Å²) < 4.78 is 1.84. The van der Waals surface area contributed by atoms with Gasteiger partial charge in [-0.2, -0.15) is 5.11 Å². The van der Waals surface area contributed by atoms with Gasteiger partial charge >= 0.3 is 0 Å². The zero-order valence-electron chi connectivity index (χ0n) is 8.64. The van der Waals surface area contributed by atoms with E-state index >= 15 is 0 Å². The molecule has 0 aliphatic carbocycles. The average molecular weight is 356 g/mol. The molecule has 1 N–H and O–H groups in total. The molecule has 0 radical (unpaired) electrons. The van der Waals surface area contributed by atoms with Crippen LogP contribution in [-0.2, 0) is 0 Å². The summed E-state index contributed by atoms with van der Waals surface area (Å²) in [6.07, 6.45) is 0. The Morgan fingerprint density at radius 3 is 2.18 bits per heavy atom. The van der Waals surface area contributed by atoms with Crippen LogP contribution in [0.3, 0.4) is 0 Å². The highest BCUT2D eigenvalue weighted by Gasteiger charge is 2.00. The molecule has 0 unspecified atom stereocenters. The number of azo groups is 1. The van der Waals surface area contributed by atoms with E-state index in [4.69, 9.17) is 0 Å². The normalized spacial score (nSPS) is 10.9. The zero-order chi connectivity index (χ0) is 12.3. The predicted molar refractivity (Wildman–Crippen MR) is 74.1 cm³/mol. The van der Waals surface area contributed by atoms with Gasteiger partial charge in [-0.05, 0) is 42.5 Å². The molecule has 0 atom stereocenters. The van der Waals surface area contributed by atoms with Gasteiger partial charge in [0.05, 0.1) is 5.69 Å². The van der Waals surface area contributed by atoms with Crippen LogP contribution in [0, 0.1) is 0 Å². The Balaban J connectivity index is 2.25. The van der Waals surface area contributed by atoms with Crippen molar-refractivity contribution in [3.8, 4) is 5.75 Å². The molecule has 0 aliphatic heterocycles. The van der Waals surface area contributed by atoms with Gasteiger partial charge in [0.1, 0.15) is 11.4 Å². The van der Waals surface area contributed by atoms with Gasteiger partial charge in [-0.1, -0.05) is 31.9 Å². The molecule has 17 heavy (non-hydrogen) atoms. The molecule has 86 valence electrons. The highest BCUT2D eigenvalue weighted by atomic mass is 79.9. The molecule has 0 fully saturated rings. The minimum Gasteiger partial charge on any atom is -0.506 e. The Labute approximate surface area is 115 Å². The van der Waals surface area contributed by atoms with Crippen LogP contribution >= 0.6 is 31.9 Å². The van der Waals surface area contributed by atoms with Crippen LogP contribution in [0.15, 0.2) is 61.6 Å². The molecule has 2 rings (SSSR count). The molecular formula is C12H8Br2N2O. The van der Waals surface area contributed by atoms with Gasteiger partial charge in [0.2, 0.25) is 0 Å². The van der Waals surface area contributed by atoms with Crippen molar-refractivity contribution in [1.29, 1.82) is 0 Å². The average Bonchev–Trinajstić information content (AvgIpc) is 2.32. The van der Waals surface area contributed by atoms with Crippen LogP contribution in [0.25, 0.3) is 0 Å². The third kappa shape index (κ3) is 3.38. The number of nitrogens with zero attached hydrogens (tertiary/aromatic N) is 2. The first-order chi connectivity index (χ1) is 8.15. The lowest BCUT2D eigenvalue weighted by molar-refractivity contribution is 0.476. The van der Waals surface area contributed by atoms with Gasteiger partial charge in [-0.3, -0.25) is 0 Å². The van der Waals surface area contributed by atoms with Crippen LogP contribution in [0.5, 0.6) is 5.75 Å². The molecule has 0 saturated carbocycles. The summed E-state index contributed by atoms with van der Waals surface area (Å²) in [4.78, 5) is 0. The van der Waals surface area contributed by atoms with Crippen molar-refractivity contribution in [2.24, 2.45) is 10.2 Å². The van der Waals surface area contributed by atoms with Crippen LogP contribution in [0.4, 0.5) is 11.4 Å². The van der Waals surface area contributed by atoms with Crippen molar-refractivity contribution in [2.75, 3.05) is 0 Å². The molecule has 0 amide bonds. The quantitative estimate of drug-likeness (QED) is 0.726. The Morgan fingerprint density at radius 2 is 1.47 bits per heavy atom. The number of hydrogen-bond acceptors (Lipinski definition) is 3. The summed E-state index contributed by atoms with van der Waals surface area (Å²) in [5, 5.41) is 17.6. The third-order valence-corrected chi connectivity index (χ3v) is 3.06. The van der Waals surface area contributed by atoms with Gasteiger partial charge in [0.15, 0.2) is 0 Å². The predicted octanol–water partition coefficient (Wildman–Crippen LogP) is 5.33. The second-order valence-electron chi connectivity index (χ2n) is 3.31. The summed E-state index contributed by atoms with van der Waals surface area (Å²) in [6, 6.07) is 12.5. The van der Waals surface area contributed by atoms with E-state index < -0.39 is 0 Å². The molecule has 2 aromatic rings. The fourth-order valence-electron chi connectivity index (χ4n) is 1.20. The molecule has 0 aliphatic rings. The lowest BCUT2D eigenvalue weighted by atomic mass is 10.3. The van der Waals surface area contributed by atoms with Crippen molar-refractivity contribution in [3.05, 3.63) is 51.4 Å². The Hall–Kier alpha value is -1.20. The molecule has 2 aromatic carbocycles. The molecular weight excluding hydrogens is 348 g/mol. The summed E-state index contributed by atoms with van der Waals surface area (Å²) >= 11 is 6.66. The summed E-state index contributed by atoms with van der Waals surface area (Å²) in [6.45, 7) is 0. The minimum atomic E-state index is 0.106. The third-order valence-electron chi connectivity index (χ3n) is 2.04. The largest absolute Gasteiger partial charge is 0.506 e. The van der Waals surface area contributed by atoms with Crippen molar-refractivity contribution in [1.82, 2.24) is 0 Å². The first-order valence-corrected chi connectivity index (χ1v) is 6.39. The number of benzene rings is 2. The second-order valence-corrected chi connectivity index (χ2v) is 5.14. The molecule has 0 spiro atoms. The number of rotatable bonds is 2. The first kappa shape index (κ1) is 12.3. The minimum absolute atomic E-state index is 0.106. The second kappa shape index (κ2) is 5.42. The van der Waals surface area contributed by atoms with Gasteiger partial charge in [-0.25, -0.2) is 0 Å². The van der Waals surface area contributed by atoms with E-state index in [0.29, 0.717) is 5.69 Å². The van der Waals surface area contributed by atoms with Gasteiger partial charge < -0.3 is 5.11 Å². The van der Waals surface area contributed by atoms with E-state index in [0.717, 1.165) is 14.6 Å². The highest BCUT2D eigenvalue weighted by Crippen LogP contribution is 2.31. The summed E-state index contributed by atoms with van der Waals surface area (Å²) in [7, 11) is 0. The van der Waals surface area contributed by atoms with Crippen LogP contribution < -0.4 is 0 Å². The van der Waals surface area contributed by atoms with Gasteiger partial charge in [0, 0.05) is 8.95 Å². The van der Waals surface area contributed by atoms with Crippen molar-refractivity contribution >= 4 is 43.2 Å². The summed E-state index contributed by atoms with van der Waals surface area (Å²) in [5.74, 6) is 0.106. The van der Waals surface area contributed by atoms with Crippen LogP contribution in [0.2, 0.25) is 0 Å². The van der Waals surface area contributed by atoms with Crippen LogP contribution in [-0.4, -0.2) is 5.11 Å². The van der Waals surface area contributed by atoms with E-state index in [1.54, 1.807) is 18.2 Å². The Morgan fingerprint density at radius 1 is 0.824 bits per heavy atom. The lowest BCUT2D eigenvalue weighted by Crippen LogP contribution is -1.69. The summed E-state index contributed by atoms with van der Waals surface area (Å²) in [5.41, 5.74) is 1.16. The molecule has 0 heterocycles. The van der Waals surface area contributed by atoms with E-state index in [9.17, 15) is 5.11 Å². The van der Waals surface area contributed by atoms with Gasteiger partial charge in [0.25, 0.3) is 0 Å². The molecule has 0 aromatic heterocycles. The first-order valence-electron chi connectivity index (χ1n) is 4.81.